The lowest BCUT2D eigenvalue weighted by atomic mass is 9.90. The van der Waals surface area contributed by atoms with Gasteiger partial charge in [-0.15, -0.1) is 0 Å². The van der Waals surface area contributed by atoms with Gasteiger partial charge in [-0.25, -0.2) is 4.79 Å². The number of hydrogen-bond acceptors (Lipinski definition) is 5. The Kier molecular flexibility index (Phi) is 4.75. The molecule has 0 saturated carbocycles. The van der Waals surface area contributed by atoms with Gasteiger partial charge in [-0.2, -0.15) is 0 Å². The summed E-state index contributed by atoms with van der Waals surface area (Å²) in [6, 6.07) is 18.7. The molecule has 2 aromatic carbocycles. The zero-order valence-electron chi connectivity index (χ0n) is 14.7. The van der Waals surface area contributed by atoms with Gasteiger partial charge in [-0.1, -0.05) is 47.6 Å². The first-order valence-corrected chi connectivity index (χ1v) is 8.80. The summed E-state index contributed by atoms with van der Waals surface area (Å²) in [5, 5.41) is 16.7. The SMILES string of the molecule is O=C(O)c1ccc(CNC2(Cc3cc(-c4ccccc4)on3)COC2)cc1. The van der Waals surface area contributed by atoms with E-state index in [1.807, 2.05) is 48.5 Å². The van der Waals surface area contributed by atoms with Crippen LogP contribution in [0.5, 0.6) is 0 Å². The van der Waals surface area contributed by atoms with Crippen LogP contribution in [0, 0.1) is 0 Å². The number of carboxylic acid groups (broad SMARTS) is 1. The van der Waals surface area contributed by atoms with Gasteiger partial charge in [0.15, 0.2) is 5.76 Å². The molecule has 0 amide bonds. The van der Waals surface area contributed by atoms with E-state index in [1.54, 1.807) is 12.1 Å². The summed E-state index contributed by atoms with van der Waals surface area (Å²) < 4.78 is 10.9. The monoisotopic (exact) mass is 364 g/mol. The molecular weight excluding hydrogens is 344 g/mol. The van der Waals surface area contributed by atoms with Gasteiger partial charge in [-0.05, 0) is 17.7 Å². The molecule has 0 aliphatic carbocycles. The Morgan fingerprint density at radius 2 is 1.85 bits per heavy atom. The van der Waals surface area contributed by atoms with Crippen LogP contribution in [0.4, 0.5) is 0 Å². The number of hydrogen-bond donors (Lipinski definition) is 2. The van der Waals surface area contributed by atoms with Gasteiger partial charge >= 0.3 is 5.97 Å². The van der Waals surface area contributed by atoms with Crippen molar-refractivity contribution in [2.45, 2.75) is 18.5 Å². The minimum atomic E-state index is -0.918. The second kappa shape index (κ2) is 7.34. The molecule has 0 radical (unpaired) electrons. The molecule has 1 saturated heterocycles. The van der Waals surface area contributed by atoms with E-state index in [0.717, 1.165) is 22.6 Å². The zero-order chi connectivity index (χ0) is 18.7. The Labute approximate surface area is 156 Å². The van der Waals surface area contributed by atoms with Crippen molar-refractivity contribution < 1.29 is 19.2 Å². The number of ether oxygens (including phenoxy) is 1. The molecule has 1 aliphatic rings. The lowest BCUT2D eigenvalue weighted by Crippen LogP contribution is -2.61. The molecule has 2 heterocycles. The third-order valence-corrected chi connectivity index (χ3v) is 4.76. The Balaban J connectivity index is 1.41. The topological polar surface area (TPSA) is 84.6 Å². The molecule has 0 spiro atoms. The van der Waals surface area contributed by atoms with Gasteiger partial charge in [0.2, 0.25) is 0 Å². The average molecular weight is 364 g/mol. The van der Waals surface area contributed by atoms with Gasteiger partial charge < -0.3 is 19.7 Å². The third kappa shape index (κ3) is 3.92. The molecule has 0 atom stereocenters. The molecule has 1 fully saturated rings. The van der Waals surface area contributed by atoms with Gasteiger partial charge in [0.25, 0.3) is 0 Å². The molecule has 6 nitrogen and oxygen atoms in total. The van der Waals surface area contributed by atoms with Crippen LogP contribution in [-0.2, 0) is 17.7 Å². The predicted octanol–water partition coefficient (Wildman–Crippen LogP) is 3.14. The van der Waals surface area contributed by atoms with Crippen LogP contribution in [0.1, 0.15) is 21.6 Å². The van der Waals surface area contributed by atoms with E-state index in [2.05, 4.69) is 10.5 Å². The minimum absolute atomic E-state index is 0.184. The summed E-state index contributed by atoms with van der Waals surface area (Å²) in [7, 11) is 0. The van der Waals surface area contributed by atoms with E-state index in [-0.39, 0.29) is 11.1 Å². The molecule has 138 valence electrons. The molecule has 4 rings (SSSR count). The zero-order valence-corrected chi connectivity index (χ0v) is 14.7. The van der Waals surface area contributed by atoms with E-state index in [0.29, 0.717) is 26.2 Å². The van der Waals surface area contributed by atoms with Crippen LogP contribution >= 0.6 is 0 Å². The fourth-order valence-corrected chi connectivity index (χ4v) is 3.15. The standard InChI is InChI=1S/C21H20N2O4/c24-20(25)17-8-6-15(7-9-17)12-22-21(13-26-14-21)11-18-10-19(27-23-18)16-4-2-1-3-5-16/h1-10,22H,11-14H2,(H,24,25). The number of benzene rings is 2. The smallest absolute Gasteiger partial charge is 0.335 e. The van der Waals surface area contributed by atoms with Gasteiger partial charge in [0.05, 0.1) is 30.0 Å². The second-order valence-electron chi connectivity index (χ2n) is 6.85. The Bertz CT molecular complexity index is 915. The van der Waals surface area contributed by atoms with Gasteiger partial charge in [0.1, 0.15) is 0 Å². The van der Waals surface area contributed by atoms with E-state index in [9.17, 15) is 4.79 Å². The van der Waals surface area contributed by atoms with Gasteiger partial charge in [0, 0.05) is 24.6 Å². The summed E-state index contributed by atoms with van der Waals surface area (Å²) in [6.07, 6.45) is 0.705. The molecule has 0 bridgehead atoms. The molecule has 0 unspecified atom stereocenters. The largest absolute Gasteiger partial charge is 0.478 e. The van der Waals surface area contributed by atoms with Crippen molar-refractivity contribution in [3.63, 3.8) is 0 Å². The molecular formula is C21H20N2O4. The maximum Gasteiger partial charge on any atom is 0.335 e. The Morgan fingerprint density at radius 1 is 1.11 bits per heavy atom. The molecule has 27 heavy (non-hydrogen) atoms. The maximum atomic E-state index is 10.9. The number of aromatic carboxylic acids is 1. The number of rotatable bonds is 7. The summed E-state index contributed by atoms with van der Waals surface area (Å²) >= 11 is 0. The highest BCUT2D eigenvalue weighted by Crippen LogP contribution is 2.26. The first-order valence-electron chi connectivity index (χ1n) is 8.80. The van der Waals surface area contributed by atoms with Gasteiger partial charge in [-0.3, -0.25) is 0 Å². The molecule has 1 aliphatic heterocycles. The third-order valence-electron chi connectivity index (χ3n) is 4.76. The second-order valence-corrected chi connectivity index (χ2v) is 6.85. The quantitative estimate of drug-likeness (QED) is 0.670. The van der Waals surface area contributed by atoms with Crippen LogP contribution in [0.25, 0.3) is 11.3 Å². The highest BCUT2D eigenvalue weighted by Gasteiger charge is 2.39. The van der Waals surface area contributed by atoms with Crippen molar-refractivity contribution in [3.8, 4) is 11.3 Å². The number of nitrogens with zero attached hydrogens (tertiary/aromatic N) is 1. The van der Waals surface area contributed by atoms with Crippen LogP contribution < -0.4 is 5.32 Å². The number of carboxylic acids is 1. The summed E-state index contributed by atoms with van der Waals surface area (Å²) in [4.78, 5) is 10.9. The average Bonchev–Trinajstić information content (AvgIpc) is 3.13. The van der Waals surface area contributed by atoms with Crippen molar-refractivity contribution in [2.24, 2.45) is 0 Å². The number of aromatic nitrogens is 1. The van der Waals surface area contributed by atoms with Crippen molar-refractivity contribution in [1.82, 2.24) is 10.5 Å². The maximum absolute atomic E-state index is 10.9. The van der Waals surface area contributed by atoms with Crippen molar-refractivity contribution in [3.05, 3.63) is 77.5 Å². The highest BCUT2D eigenvalue weighted by molar-refractivity contribution is 5.87. The normalized spacial score (nSPS) is 15.3. The van der Waals surface area contributed by atoms with Crippen LogP contribution in [-0.4, -0.2) is 35.0 Å². The highest BCUT2D eigenvalue weighted by atomic mass is 16.5. The predicted molar refractivity (Wildman–Crippen MR) is 99.4 cm³/mol. The van der Waals surface area contributed by atoms with Crippen LogP contribution in [0.3, 0.4) is 0 Å². The molecule has 1 aromatic heterocycles. The van der Waals surface area contributed by atoms with Crippen molar-refractivity contribution in [2.75, 3.05) is 13.2 Å². The molecule has 2 N–H and O–H groups in total. The number of nitrogens with one attached hydrogen (secondary N) is 1. The first-order chi connectivity index (χ1) is 13.1. The van der Waals surface area contributed by atoms with E-state index < -0.39 is 5.97 Å². The first kappa shape index (κ1) is 17.5. The Hall–Kier alpha value is -2.96. The molecule has 6 heteroatoms. The van der Waals surface area contributed by atoms with E-state index >= 15 is 0 Å². The summed E-state index contributed by atoms with van der Waals surface area (Å²) in [5.74, 6) is -0.163. The summed E-state index contributed by atoms with van der Waals surface area (Å²) in [5.41, 5.74) is 3.01. The Morgan fingerprint density at radius 3 is 2.48 bits per heavy atom. The van der Waals surface area contributed by atoms with E-state index in [1.165, 1.54) is 0 Å². The summed E-state index contributed by atoms with van der Waals surface area (Å²) in [6.45, 7) is 1.84. The fraction of sp³-hybridized carbons (Fsp3) is 0.238. The lowest BCUT2D eigenvalue weighted by Gasteiger charge is -2.42. The van der Waals surface area contributed by atoms with Crippen molar-refractivity contribution in [1.29, 1.82) is 0 Å². The number of carbonyl (C=O) groups is 1. The van der Waals surface area contributed by atoms with Crippen molar-refractivity contribution >= 4 is 5.97 Å². The van der Waals surface area contributed by atoms with E-state index in [4.69, 9.17) is 14.4 Å². The molecule has 3 aromatic rings. The van der Waals surface area contributed by atoms with Crippen LogP contribution in [0.2, 0.25) is 0 Å². The fourth-order valence-electron chi connectivity index (χ4n) is 3.15. The minimum Gasteiger partial charge on any atom is -0.478 e. The lowest BCUT2D eigenvalue weighted by molar-refractivity contribution is -0.0755. The van der Waals surface area contributed by atoms with Crippen LogP contribution in [0.15, 0.2) is 65.2 Å².